The molecule has 11 heavy (non-hydrogen) atoms. The maximum Gasteiger partial charge on any atom is 0.142 e. The molecule has 0 N–H and O–H groups in total. The molecule has 0 aliphatic carbocycles. The number of alkyl halides is 1. The zero-order valence-electron chi connectivity index (χ0n) is 5.35. The molecule has 1 aromatic heterocycles. The van der Waals surface area contributed by atoms with E-state index in [-0.39, 0.29) is 17.0 Å². The van der Waals surface area contributed by atoms with Gasteiger partial charge in [-0.05, 0) is 6.07 Å². The maximum atomic E-state index is 12.3. The van der Waals surface area contributed by atoms with Crippen molar-refractivity contribution in [3.8, 4) is 0 Å². The van der Waals surface area contributed by atoms with Crippen molar-refractivity contribution in [2.75, 3.05) is 0 Å². The summed E-state index contributed by atoms with van der Waals surface area (Å²) in [5.41, 5.74) is 0.656. The molecule has 0 fully saturated rings. The summed E-state index contributed by atoms with van der Waals surface area (Å²) in [6, 6.07) is 1.24. The van der Waals surface area contributed by atoms with Crippen molar-refractivity contribution in [1.29, 1.82) is 0 Å². The molecular formula is C6H5Br2ClFN. The summed E-state index contributed by atoms with van der Waals surface area (Å²) in [5.74, 6) is -0.408. The first-order valence-corrected chi connectivity index (χ1v) is 4.10. The minimum absolute atomic E-state index is 0. The lowest BCUT2D eigenvalue weighted by Gasteiger charge is -1.96. The number of pyridine rings is 1. The van der Waals surface area contributed by atoms with Gasteiger partial charge in [-0.2, -0.15) is 0 Å². The second kappa shape index (κ2) is 5.06. The van der Waals surface area contributed by atoms with Crippen LogP contribution >= 0.6 is 44.5 Å². The number of hydrogen-bond donors (Lipinski definition) is 0. The van der Waals surface area contributed by atoms with Gasteiger partial charge in [0.05, 0.1) is 16.9 Å². The van der Waals surface area contributed by atoms with Crippen molar-refractivity contribution in [1.82, 2.24) is 4.98 Å². The Kier molecular flexibility index (Phi) is 5.21. The maximum absolute atomic E-state index is 12.3. The van der Waals surface area contributed by atoms with Gasteiger partial charge in [0.15, 0.2) is 0 Å². The van der Waals surface area contributed by atoms with E-state index in [2.05, 4.69) is 20.9 Å². The molecule has 0 amide bonds. The topological polar surface area (TPSA) is 12.9 Å². The SMILES string of the molecule is Br.Fc1cnc(CBr)c(Cl)c1. The summed E-state index contributed by atoms with van der Waals surface area (Å²) in [7, 11) is 0. The Hall–Kier alpha value is 0.330. The van der Waals surface area contributed by atoms with Crippen LogP contribution in [0.4, 0.5) is 4.39 Å². The summed E-state index contributed by atoms with van der Waals surface area (Å²) in [6.07, 6.45) is 1.14. The van der Waals surface area contributed by atoms with Crippen LogP contribution < -0.4 is 0 Å². The minimum Gasteiger partial charge on any atom is -0.256 e. The van der Waals surface area contributed by atoms with Gasteiger partial charge in [0.25, 0.3) is 0 Å². The van der Waals surface area contributed by atoms with E-state index in [1.54, 1.807) is 0 Å². The van der Waals surface area contributed by atoms with Crippen LogP contribution in [-0.2, 0) is 5.33 Å². The van der Waals surface area contributed by atoms with Gasteiger partial charge in [0.1, 0.15) is 5.82 Å². The van der Waals surface area contributed by atoms with Crippen LogP contribution in [0, 0.1) is 5.82 Å². The molecule has 5 heteroatoms. The largest absolute Gasteiger partial charge is 0.256 e. The first-order valence-electron chi connectivity index (χ1n) is 2.60. The smallest absolute Gasteiger partial charge is 0.142 e. The van der Waals surface area contributed by atoms with Crippen LogP contribution in [0.25, 0.3) is 0 Å². The Morgan fingerprint density at radius 3 is 2.73 bits per heavy atom. The first kappa shape index (κ1) is 11.3. The molecule has 1 aromatic rings. The standard InChI is InChI=1S/C6H4BrClFN.BrH/c7-2-6-5(8)1-4(9)3-10-6;/h1,3H,2H2;1H. The van der Waals surface area contributed by atoms with Crippen molar-refractivity contribution in [2.45, 2.75) is 5.33 Å². The van der Waals surface area contributed by atoms with E-state index in [4.69, 9.17) is 11.6 Å². The highest BCUT2D eigenvalue weighted by Crippen LogP contribution is 2.16. The number of halogens is 4. The molecule has 1 nitrogen and oxygen atoms in total. The number of nitrogens with zero attached hydrogens (tertiary/aromatic N) is 1. The summed E-state index contributed by atoms with van der Waals surface area (Å²) < 4.78 is 12.3. The highest BCUT2D eigenvalue weighted by atomic mass is 79.9. The molecule has 0 aliphatic heterocycles. The second-order valence-corrected chi connectivity index (χ2v) is 2.68. The average molecular weight is 305 g/mol. The van der Waals surface area contributed by atoms with Gasteiger partial charge < -0.3 is 0 Å². The third-order valence-electron chi connectivity index (χ3n) is 1.01. The Labute approximate surface area is 87.9 Å². The minimum atomic E-state index is -0.408. The van der Waals surface area contributed by atoms with E-state index >= 15 is 0 Å². The van der Waals surface area contributed by atoms with E-state index in [9.17, 15) is 4.39 Å². The molecule has 62 valence electrons. The van der Waals surface area contributed by atoms with Gasteiger partial charge in [-0.3, -0.25) is 4.98 Å². The molecule has 1 heterocycles. The number of hydrogen-bond acceptors (Lipinski definition) is 1. The van der Waals surface area contributed by atoms with E-state index in [1.165, 1.54) is 6.07 Å². The Morgan fingerprint density at radius 1 is 1.64 bits per heavy atom. The lowest BCUT2D eigenvalue weighted by molar-refractivity contribution is 0.620. The van der Waals surface area contributed by atoms with Crippen LogP contribution in [0.3, 0.4) is 0 Å². The monoisotopic (exact) mass is 303 g/mol. The van der Waals surface area contributed by atoms with Crippen molar-refractivity contribution in [3.63, 3.8) is 0 Å². The zero-order chi connectivity index (χ0) is 7.56. The quantitative estimate of drug-likeness (QED) is 0.725. The van der Waals surface area contributed by atoms with Gasteiger partial charge in [0, 0.05) is 5.33 Å². The van der Waals surface area contributed by atoms with E-state index in [0.29, 0.717) is 16.0 Å². The third kappa shape index (κ3) is 3.05. The number of rotatable bonds is 1. The van der Waals surface area contributed by atoms with Crippen LogP contribution in [0.2, 0.25) is 5.02 Å². The van der Waals surface area contributed by atoms with Crippen LogP contribution in [0.5, 0.6) is 0 Å². The third-order valence-corrected chi connectivity index (χ3v) is 1.87. The molecular weight excluding hydrogens is 300 g/mol. The summed E-state index contributed by atoms with van der Waals surface area (Å²) >= 11 is 8.76. The highest BCUT2D eigenvalue weighted by Gasteiger charge is 2.00. The van der Waals surface area contributed by atoms with Crippen molar-refractivity contribution >= 4 is 44.5 Å². The Bertz CT molecular complexity index is 244. The van der Waals surface area contributed by atoms with Gasteiger partial charge in [-0.25, -0.2) is 4.39 Å². The average Bonchev–Trinajstić information content (AvgIpc) is 1.88. The molecule has 0 unspecified atom stereocenters. The summed E-state index contributed by atoms with van der Waals surface area (Å²) in [4.78, 5) is 3.74. The van der Waals surface area contributed by atoms with Gasteiger partial charge in [-0.15, -0.1) is 17.0 Å². The lowest BCUT2D eigenvalue weighted by atomic mass is 10.4. The van der Waals surface area contributed by atoms with E-state index in [0.717, 1.165) is 6.20 Å². The van der Waals surface area contributed by atoms with Crippen LogP contribution in [-0.4, -0.2) is 4.98 Å². The predicted molar refractivity (Wildman–Crippen MR) is 52.2 cm³/mol. The van der Waals surface area contributed by atoms with Crippen molar-refractivity contribution in [3.05, 3.63) is 28.8 Å². The van der Waals surface area contributed by atoms with Gasteiger partial charge in [-0.1, -0.05) is 27.5 Å². The van der Waals surface area contributed by atoms with E-state index in [1.807, 2.05) is 0 Å². The van der Waals surface area contributed by atoms with Crippen molar-refractivity contribution < 1.29 is 4.39 Å². The normalized spacial score (nSPS) is 9.00. The molecule has 0 atom stereocenters. The Balaban J connectivity index is 0.000001000. The first-order chi connectivity index (χ1) is 4.74. The van der Waals surface area contributed by atoms with Crippen LogP contribution in [0.1, 0.15) is 5.69 Å². The fourth-order valence-electron chi connectivity index (χ4n) is 0.541. The second-order valence-electron chi connectivity index (χ2n) is 1.72. The molecule has 0 saturated carbocycles. The molecule has 0 spiro atoms. The fraction of sp³-hybridized carbons (Fsp3) is 0.167. The number of aromatic nitrogens is 1. The van der Waals surface area contributed by atoms with Gasteiger partial charge in [0.2, 0.25) is 0 Å². The summed E-state index contributed by atoms with van der Waals surface area (Å²) in [5, 5.41) is 0.906. The predicted octanol–water partition coefficient (Wildman–Crippen LogP) is 3.35. The Morgan fingerprint density at radius 2 is 2.27 bits per heavy atom. The fourth-order valence-corrected chi connectivity index (χ4v) is 1.37. The molecule has 0 bridgehead atoms. The zero-order valence-corrected chi connectivity index (χ0v) is 9.41. The van der Waals surface area contributed by atoms with Gasteiger partial charge >= 0.3 is 0 Å². The highest BCUT2D eigenvalue weighted by molar-refractivity contribution is 9.08. The van der Waals surface area contributed by atoms with Crippen molar-refractivity contribution in [2.24, 2.45) is 0 Å². The molecule has 1 rings (SSSR count). The van der Waals surface area contributed by atoms with E-state index < -0.39 is 5.82 Å². The van der Waals surface area contributed by atoms with Crippen LogP contribution in [0.15, 0.2) is 12.3 Å². The molecule has 0 radical (unpaired) electrons. The molecule has 0 aliphatic rings. The lowest BCUT2D eigenvalue weighted by Crippen LogP contribution is -1.87. The molecule has 0 saturated heterocycles. The summed E-state index contributed by atoms with van der Waals surface area (Å²) in [6.45, 7) is 0. The molecule has 0 aromatic carbocycles.